The third-order valence-corrected chi connectivity index (χ3v) is 3.43. The summed E-state index contributed by atoms with van der Waals surface area (Å²) in [6, 6.07) is 4.57. The highest BCUT2D eigenvalue weighted by atomic mass is 19.1. The van der Waals surface area contributed by atoms with E-state index < -0.39 is 11.8 Å². The van der Waals surface area contributed by atoms with E-state index >= 15 is 0 Å². The monoisotopic (exact) mass is 250 g/mol. The van der Waals surface area contributed by atoms with Crippen LogP contribution in [0.3, 0.4) is 0 Å². The smallest absolute Gasteiger partial charge is 0.329 e. The van der Waals surface area contributed by atoms with Crippen molar-refractivity contribution >= 4 is 17.6 Å². The molecule has 5 nitrogen and oxygen atoms in total. The molecule has 0 radical (unpaired) electrons. The fourth-order valence-electron chi connectivity index (χ4n) is 2.54. The van der Waals surface area contributed by atoms with Crippen LogP contribution in [0.5, 0.6) is 0 Å². The van der Waals surface area contributed by atoms with Gasteiger partial charge in [0.2, 0.25) is 0 Å². The van der Waals surface area contributed by atoms with Crippen LogP contribution >= 0.6 is 0 Å². The first kappa shape index (κ1) is 11.2. The number of nitrogens with two attached hydrogens (primary N) is 1. The Morgan fingerprint density at radius 3 is 2.72 bits per heavy atom. The van der Waals surface area contributed by atoms with Crippen molar-refractivity contribution < 1.29 is 19.3 Å². The molecule has 2 atom stereocenters. The number of urea groups is 1. The van der Waals surface area contributed by atoms with Crippen molar-refractivity contribution in [1.82, 2.24) is 5.32 Å². The number of imide groups is 1. The number of nitrogens with one attached hydrogen (secondary N) is 1. The van der Waals surface area contributed by atoms with Crippen LogP contribution in [0.15, 0.2) is 24.3 Å². The van der Waals surface area contributed by atoms with E-state index in [1.54, 1.807) is 0 Å². The van der Waals surface area contributed by atoms with Crippen molar-refractivity contribution in [3.8, 4) is 0 Å². The molecule has 2 saturated heterocycles. The van der Waals surface area contributed by atoms with Gasteiger partial charge in [0.1, 0.15) is 5.82 Å². The van der Waals surface area contributed by atoms with Gasteiger partial charge in [0.05, 0.1) is 18.3 Å². The molecule has 0 unspecified atom stereocenters. The van der Waals surface area contributed by atoms with E-state index in [-0.39, 0.29) is 18.0 Å². The fourth-order valence-corrected chi connectivity index (χ4v) is 2.54. The zero-order valence-electron chi connectivity index (χ0n) is 9.60. The lowest BCUT2D eigenvalue weighted by molar-refractivity contribution is -0.658. The second-order valence-electron chi connectivity index (χ2n) is 4.54. The summed E-state index contributed by atoms with van der Waals surface area (Å²) in [5.41, 5.74) is 0.401. The molecule has 0 aromatic heterocycles. The Morgan fingerprint density at radius 2 is 2.00 bits per heavy atom. The second kappa shape index (κ2) is 4.06. The highest BCUT2D eigenvalue weighted by Gasteiger charge is 2.47. The van der Waals surface area contributed by atoms with Gasteiger partial charge in [0, 0.05) is 6.42 Å². The fraction of sp³-hybridized carbons (Fsp3) is 0.333. The number of benzene rings is 1. The number of halogens is 1. The van der Waals surface area contributed by atoms with E-state index in [4.69, 9.17) is 0 Å². The first-order valence-electron chi connectivity index (χ1n) is 5.90. The average molecular weight is 250 g/mol. The third kappa shape index (κ3) is 1.65. The van der Waals surface area contributed by atoms with Crippen LogP contribution < -0.4 is 15.5 Å². The predicted octanol–water partition coefficient (Wildman–Crippen LogP) is -0.414. The van der Waals surface area contributed by atoms with E-state index in [1.807, 2.05) is 5.32 Å². The van der Waals surface area contributed by atoms with Crippen molar-refractivity contribution in [1.29, 1.82) is 0 Å². The van der Waals surface area contributed by atoms with Gasteiger partial charge >= 0.3 is 6.03 Å². The van der Waals surface area contributed by atoms with Gasteiger partial charge in [0.15, 0.2) is 6.04 Å². The molecule has 6 heteroatoms. The van der Waals surface area contributed by atoms with Crippen molar-refractivity contribution in [2.24, 2.45) is 0 Å². The molecular formula is C12H13FN3O2+. The minimum absolute atomic E-state index is 0.0818. The van der Waals surface area contributed by atoms with E-state index in [1.165, 1.54) is 24.3 Å². The van der Waals surface area contributed by atoms with Crippen LogP contribution in [0.25, 0.3) is 0 Å². The van der Waals surface area contributed by atoms with Gasteiger partial charge in [-0.1, -0.05) is 0 Å². The Morgan fingerprint density at radius 1 is 1.28 bits per heavy atom. The van der Waals surface area contributed by atoms with Crippen molar-refractivity contribution in [2.45, 2.75) is 18.5 Å². The summed E-state index contributed by atoms with van der Waals surface area (Å²) in [7, 11) is 0. The summed E-state index contributed by atoms with van der Waals surface area (Å²) in [5.74, 6) is -0.623. The number of hydrogen-bond acceptors (Lipinski definition) is 2. The van der Waals surface area contributed by atoms with Crippen LogP contribution in [-0.2, 0) is 4.79 Å². The minimum atomic E-state index is -0.428. The van der Waals surface area contributed by atoms with Gasteiger partial charge in [0.25, 0.3) is 5.91 Å². The Balaban J connectivity index is 1.93. The third-order valence-electron chi connectivity index (χ3n) is 3.43. The molecule has 0 spiro atoms. The number of carbonyl (C=O) groups is 2. The number of quaternary nitrogens is 1. The van der Waals surface area contributed by atoms with Crippen LogP contribution in [-0.4, -0.2) is 30.6 Å². The van der Waals surface area contributed by atoms with E-state index in [2.05, 4.69) is 5.32 Å². The molecular weight excluding hydrogens is 237 g/mol. The molecule has 2 fully saturated rings. The van der Waals surface area contributed by atoms with Gasteiger partial charge < -0.3 is 10.6 Å². The van der Waals surface area contributed by atoms with Gasteiger partial charge in [-0.25, -0.2) is 14.1 Å². The molecule has 0 saturated carbocycles. The molecule has 0 bridgehead atoms. The molecule has 2 aliphatic heterocycles. The summed E-state index contributed by atoms with van der Waals surface area (Å²) >= 11 is 0. The van der Waals surface area contributed by atoms with Gasteiger partial charge in [-0.15, -0.1) is 0 Å². The number of nitrogens with zero attached hydrogens (tertiary/aromatic N) is 1. The highest BCUT2D eigenvalue weighted by molar-refractivity contribution is 6.17. The van der Waals surface area contributed by atoms with Crippen LogP contribution in [0.2, 0.25) is 0 Å². The van der Waals surface area contributed by atoms with Crippen LogP contribution in [0, 0.1) is 5.82 Å². The van der Waals surface area contributed by atoms with Crippen molar-refractivity contribution in [2.75, 3.05) is 11.4 Å². The number of fused-ring (bicyclic) bond motifs is 1. The highest BCUT2D eigenvalue weighted by Crippen LogP contribution is 2.20. The van der Waals surface area contributed by atoms with Crippen molar-refractivity contribution in [3.05, 3.63) is 30.1 Å². The average Bonchev–Trinajstić information content (AvgIpc) is 2.80. The minimum Gasteiger partial charge on any atom is -0.334 e. The number of amides is 3. The molecule has 1 aromatic carbocycles. The number of carbonyl (C=O) groups excluding carboxylic acids is 2. The lowest BCUT2D eigenvalue weighted by Crippen LogP contribution is -2.93. The Kier molecular flexibility index (Phi) is 2.52. The molecule has 0 aliphatic carbocycles. The largest absolute Gasteiger partial charge is 0.334 e. The summed E-state index contributed by atoms with van der Waals surface area (Å²) < 4.78 is 12.9. The quantitative estimate of drug-likeness (QED) is 0.711. The molecule has 2 heterocycles. The molecule has 94 valence electrons. The summed E-state index contributed by atoms with van der Waals surface area (Å²) in [5, 5.41) is 4.75. The molecule has 3 N–H and O–H groups in total. The van der Waals surface area contributed by atoms with Crippen LogP contribution in [0.1, 0.15) is 6.42 Å². The van der Waals surface area contributed by atoms with Gasteiger partial charge in [-0.3, -0.25) is 4.79 Å². The normalized spacial score (nSPS) is 27.1. The lowest BCUT2D eigenvalue weighted by Gasteiger charge is -2.31. The lowest BCUT2D eigenvalue weighted by atomic mass is 10.1. The second-order valence-corrected chi connectivity index (χ2v) is 4.54. The first-order valence-corrected chi connectivity index (χ1v) is 5.90. The standard InChI is InChI=1S/C12H12FN3O2/c13-7-1-3-8(4-2-7)16-11(17)10-9(5-6-14-10)15-12(16)18/h1-4,9-10,14H,5-6H2,(H,15,18)/p+1/t9-,10+/m1/s1. The maximum atomic E-state index is 12.9. The van der Waals surface area contributed by atoms with Crippen molar-refractivity contribution in [3.63, 3.8) is 0 Å². The van der Waals surface area contributed by atoms with E-state index in [0.717, 1.165) is 17.9 Å². The Bertz CT molecular complexity index is 503. The summed E-state index contributed by atoms with van der Waals surface area (Å²) in [6.07, 6.45) is 0.805. The first-order chi connectivity index (χ1) is 8.66. The number of hydrogen-bond donors (Lipinski definition) is 2. The maximum absolute atomic E-state index is 12.9. The number of anilines is 1. The molecule has 3 rings (SSSR count). The molecule has 3 amide bonds. The molecule has 2 aliphatic rings. The topological polar surface area (TPSA) is 66.0 Å². The van der Waals surface area contributed by atoms with Gasteiger partial charge in [-0.05, 0) is 24.3 Å². The maximum Gasteiger partial charge on any atom is 0.329 e. The Labute approximate surface area is 103 Å². The molecule has 18 heavy (non-hydrogen) atoms. The number of rotatable bonds is 1. The van der Waals surface area contributed by atoms with Crippen LogP contribution in [0.4, 0.5) is 14.9 Å². The van der Waals surface area contributed by atoms with E-state index in [0.29, 0.717) is 5.69 Å². The van der Waals surface area contributed by atoms with E-state index in [9.17, 15) is 14.0 Å². The summed E-state index contributed by atoms with van der Waals surface area (Å²) in [4.78, 5) is 25.2. The Hall–Kier alpha value is -1.95. The van der Waals surface area contributed by atoms with Gasteiger partial charge in [-0.2, -0.15) is 0 Å². The SMILES string of the molecule is O=C1N[C@@H]2CC[NH2+][C@@H]2C(=O)N1c1ccc(F)cc1. The molecule has 1 aromatic rings. The summed E-state index contributed by atoms with van der Waals surface area (Å²) in [6.45, 7) is 0.832. The zero-order valence-corrected chi connectivity index (χ0v) is 9.60. The predicted molar refractivity (Wildman–Crippen MR) is 61.4 cm³/mol. The zero-order chi connectivity index (χ0) is 12.7.